The lowest BCUT2D eigenvalue weighted by Gasteiger charge is -2.04. The van der Waals surface area contributed by atoms with Crippen LogP contribution >= 0.6 is 11.3 Å². The zero-order valence-electron chi connectivity index (χ0n) is 13.2. The molecule has 2 aromatic carbocycles. The van der Waals surface area contributed by atoms with Gasteiger partial charge in [-0.3, -0.25) is 4.79 Å². The molecule has 0 saturated carbocycles. The van der Waals surface area contributed by atoms with E-state index in [2.05, 4.69) is 29.6 Å². The SMILES string of the molecule is O=C(CCCc1ccc(-c2ccccc2)s1)Nc1ccc(O)cc1. The number of phenols is 1. The van der Waals surface area contributed by atoms with Gasteiger partial charge < -0.3 is 10.4 Å². The predicted octanol–water partition coefficient (Wildman–Crippen LogP) is 5.08. The Morgan fingerprint density at radius 2 is 1.71 bits per heavy atom. The van der Waals surface area contributed by atoms with Crippen molar-refractivity contribution in [3.63, 3.8) is 0 Å². The molecule has 122 valence electrons. The lowest BCUT2D eigenvalue weighted by atomic mass is 10.2. The van der Waals surface area contributed by atoms with Crippen LogP contribution in [0.2, 0.25) is 0 Å². The summed E-state index contributed by atoms with van der Waals surface area (Å²) in [6, 6.07) is 21.1. The molecule has 0 aliphatic heterocycles. The smallest absolute Gasteiger partial charge is 0.224 e. The Hall–Kier alpha value is -2.59. The van der Waals surface area contributed by atoms with Crippen molar-refractivity contribution in [1.29, 1.82) is 0 Å². The standard InChI is InChI=1S/C20H19NO2S/c22-17-11-9-16(10-12-17)21-20(23)8-4-7-18-13-14-19(24-18)15-5-2-1-3-6-15/h1-3,5-6,9-14,22H,4,7-8H2,(H,21,23). The molecular formula is C20H19NO2S. The molecule has 0 aliphatic carbocycles. The fourth-order valence-electron chi connectivity index (χ4n) is 2.46. The number of phenolic OH excluding ortho intramolecular Hbond substituents is 1. The van der Waals surface area contributed by atoms with Crippen molar-refractivity contribution in [3.05, 3.63) is 71.6 Å². The maximum atomic E-state index is 11.9. The van der Waals surface area contributed by atoms with Gasteiger partial charge in [0, 0.05) is 21.9 Å². The molecule has 1 amide bonds. The summed E-state index contributed by atoms with van der Waals surface area (Å²) < 4.78 is 0. The van der Waals surface area contributed by atoms with E-state index in [4.69, 9.17) is 0 Å². The highest BCUT2D eigenvalue weighted by Crippen LogP contribution is 2.28. The van der Waals surface area contributed by atoms with Gasteiger partial charge in [0.2, 0.25) is 5.91 Å². The van der Waals surface area contributed by atoms with E-state index in [9.17, 15) is 9.90 Å². The van der Waals surface area contributed by atoms with Crippen LogP contribution in [0.25, 0.3) is 10.4 Å². The van der Waals surface area contributed by atoms with Crippen molar-refractivity contribution in [2.75, 3.05) is 5.32 Å². The molecule has 3 aromatic rings. The number of nitrogens with one attached hydrogen (secondary N) is 1. The number of thiophene rings is 1. The first-order valence-electron chi connectivity index (χ1n) is 7.94. The molecule has 0 radical (unpaired) electrons. The summed E-state index contributed by atoms with van der Waals surface area (Å²) in [6.07, 6.45) is 2.21. The van der Waals surface area contributed by atoms with E-state index in [1.807, 2.05) is 18.2 Å². The Balaban J connectivity index is 1.47. The number of hydrogen-bond donors (Lipinski definition) is 2. The third kappa shape index (κ3) is 4.46. The van der Waals surface area contributed by atoms with Crippen LogP contribution in [0.15, 0.2) is 66.7 Å². The summed E-state index contributed by atoms with van der Waals surface area (Å²) in [7, 11) is 0. The van der Waals surface area contributed by atoms with Gasteiger partial charge in [0.15, 0.2) is 0 Å². The third-order valence-corrected chi connectivity index (χ3v) is 4.89. The van der Waals surface area contributed by atoms with Gasteiger partial charge in [-0.15, -0.1) is 11.3 Å². The summed E-state index contributed by atoms with van der Waals surface area (Å²) in [5.74, 6) is 0.195. The number of amides is 1. The molecule has 0 fully saturated rings. The van der Waals surface area contributed by atoms with Crippen molar-refractivity contribution in [1.82, 2.24) is 0 Å². The van der Waals surface area contributed by atoms with Crippen molar-refractivity contribution in [3.8, 4) is 16.2 Å². The zero-order valence-corrected chi connectivity index (χ0v) is 14.1. The minimum absolute atomic E-state index is 0.000490. The van der Waals surface area contributed by atoms with Gasteiger partial charge in [-0.25, -0.2) is 0 Å². The second kappa shape index (κ2) is 7.79. The second-order valence-electron chi connectivity index (χ2n) is 5.58. The molecule has 1 heterocycles. The molecule has 3 rings (SSSR count). The van der Waals surface area contributed by atoms with Crippen molar-refractivity contribution in [2.24, 2.45) is 0 Å². The minimum atomic E-state index is 0.000490. The number of rotatable bonds is 6. The molecule has 1 aromatic heterocycles. The maximum Gasteiger partial charge on any atom is 0.224 e. The van der Waals surface area contributed by atoms with Gasteiger partial charge in [-0.2, -0.15) is 0 Å². The monoisotopic (exact) mass is 337 g/mol. The van der Waals surface area contributed by atoms with Crippen LogP contribution in [0.3, 0.4) is 0 Å². The average molecular weight is 337 g/mol. The Labute approximate surface area is 145 Å². The Bertz CT molecular complexity index is 794. The van der Waals surface area contributed by atoms with Crippen molar-refractivity contribution >= 4 is 22.9 Å². The first-order valence-corrected chi connectivity index (χ1v) is 8.75. The number of hydrogen-bond acceptors (Lipinski definition) is 3. The molecule has 0 spiro atoms. The first-order chi connectivity index (χ1) is 11.7. The summed E-state index contributed by atoms with van der Waals surface area (Å²) >= 11 is 1.78. The lowest BCUT2D eigenvalue weighted by molar-refractivity contribution is -0.116. The summed E-state index contributed by atoms with van der Waals surface area (Å²) in [5.41, 5.74) is 1.94. The van der Waals surface area contributed by atoms with E-state index in [0.717, 1.165) is 12.8 Å². The molecule has 0 aliphatic rings. The number of aromatic hydroxyl groups is 1. The topological polar surface area (TPSA) is 49.3 Å². The first kappa shape index (κ1) is 16.3. The van der Waals surface area contributed by atoms with Crippen molar-refractivity contribution in [2.45, 2.75) is 19.3 Å². The molecule has 0 atom stereocenters. The highest BCUT2D eigenvalue weighted by Gasteiger charge is 2.05. The van der Waals surface area contributed by atoms with Crippen LogP contribution in [-0.4, -0.2) is 11.0 Å². The fourth-order valence-corrected chi connectivity index (χ4v) is 3.52. The largest absolute Gasteiger partial charge is 0.508 e. The van der Waals surface area contributed by atoms with E-state index in [0.29, 0.717) is 12.1 Å². The number of aryl methyl sites for hydroxylation is 1. The van der Waals surface area contributed by atoms with E-state index in [1.165, 1.54) is 15.3 Å². The molecule has 24 heavy (non-hydrogen) atoms. The van der Waals surface area contributed by atoms with Gasteiger partial charge in [0.1, 0.15) is 5.75 Å². The summed E-state index contributed by atoms with van der Waals surface area (Å²) in [4.78, 5) is 14.5. The molecule has 3 nitrogen and oxygen atoms in total. The predicted molar refractivity (Wildman–Crippen MR) is 99.4 cm³/mol. The number of carbonyl (C=O) groups is 1. The molecule has 0 bridgehead atoms. The highest BCUT2D eigenvalue weighted by molar-refractivity contribution is 7.15. The van der Waals surface area contributed by atoms with E-state index >= 15 is 0 Å². The van der Waals surface area contributed by atoms with Crippen LogP contribution in [0.1, 0.15) is 17.7 Å². The molecule has 0 unspecified atom stereocenters. The van der Waals surface area contributed by atoms with Crippen LogP contribution in [0.5, 0.6) is 5.75 Å². The van der Waals surface area contributed by atoms with E-state index in [-0.39, 0.29) is 11.7 Å². The third-order valence-electron chi connectivity index (χ3n) is 3.70. The van der Waals surface area contributed by atoms with Crippen LogP contribution < -0.4 is 5.32 Å². The normalized spacial score (nSPS) is 10.5. The second-order valence-corrected chi connectivity index (χ2v) is 6.75. The van der Waals surface area contributed by atoms with Gasteiger partial charge >= 0.3 is 0 Å². The van der Waals surface area contributed by atoms with Crippen LogP contribution in [-0.2, 0) is 11.2 Å². The number of benzene rings is 2. The van der Waals surface area contributed by atoms with Crippen molar-refractivity contribution < 1.29 is 9.90 Å². The molecule has 0 saturated heterocycles. The Kier molecular flexibility index (Phi) is 5.29. The maximum absolute atomic E-state index is 11.9. The fraction of sp³-hybridized carbons (Fsp3) is 0.150. The van der Waals surface area contributed by atoms with Gasteiger partial charge in [0.25, 0.3) is 0 Å². The quantitative estimate of drug-likeness (QED) is 0.616. The van der Waals surface area contributed by atoms with Gasteiger partial charge in [-0.05, 0) is 54.8 Å². The number of carbonyl (C=O) groups excluding carboxylic acids is 1. The molecule has 4 heteroatoms. The summed E-state index contributed by atoms with van der Waals surface area (Å²) in [6.45, 7) is 0. The van der Waals surface area contributed by atoms with Crippen LogP contribution in [0, 0.1) is 0 Å². The minimum Gasteiger partial charge on any atom is -0.508 e. The molecule has 2 N–H and O–H groups in total. The van der Waals surface area contributed by atoms with E-state index < -0.39 is 0 Å². The van der Waals surface area contributed by atoms with E-state index in [1.54, 1.807) is 35.6 Å². The number of anilines is 1. The van der Waals surface area contributed by atoms with Crippen LogP contribution in [0.4, 0.5) is 5.69 Å². The summed E-state index contributed by atoms with van der Waals surface area (Å²) in [5, 5.41) is 12.1. The Morgan fingerprint density at radius 3 is 2.46 bits per heavy atom. The zero-order chi connectivity index (χ0) is 16.8. The van der Waals surface area contributed by atoms with Gasteiger partial charge in [0.05, 0.1) is 0 Å². The highest BCUT2D eigenvalue weighted by atomic mass is 32.1. The molecular weight excluding hydrogens is 318 g/mol. The Morgan fingerprint density at radius 1 is 0.958 bits per heavy atom. The lowest BCUT2D eigenvalue weighted by Crippen LogP contribution is -2.11. The average Bonchev–Trinajstić information content (AvgIpc) is 3.07. The van der Waals surface area contributed by atoms with Gasteiger partial charge in [-0.1, -0.05) is 30.3 Å².